The molecule has 6 N–H and O–H groups in total. The van der Waals surface area contributed by atoms with Crippen molar-refractivity contribution in [3.63, 3.8) is 0 Å². The number of hydrogen-bond acceptors (Lipinski definition) is 4. The zero-order valence-electron chi connectivity index (χ0n) is 3.71. The molecule has 0 radical (unpaired) electrons. The molecular formula is C2H9IN2O2. The first kappa shape index (κ1) is 7.57. The van der Waals surface area contributed by atoms with Crippen molar-refractivity contribution in [2.24, 2.45) is 11.5 Å². The summed E-state index contributed by atoms with van der Waals surface area (Å²) in [4.78, 5) is 0. The van der Waals surface area contributed by atoms with Gasteiger partial charge in [-0.3, -0.25) is 0 Å². The molecule has 0 saturated carbocycles. The van der Waals surface area contributed by atoms with Crippen LogP contribution < -0.4 is 11.5 Å². The predicted octanol–water partition coefficient (Wildman–Crippen LogP) is -1.45. The van der Waals surface area contributed by atoms with Crippen LogP contribution in [0.1, 0.15) is 0 Å². The van der Waals surface area contributed by atoms with Gasteiger partial charge in [0, 0.05) is 0 Å². The zero-order chi connectivity index (χ0) is 5.86. The molecule has 7 heavy (non-hydrogen) atoms. The van der Waals surface area contributed by atoms with Crippen molar-refractivity contribution in [1.82, 2.24) is 0 Å². The number of nitrogens with two attached hydrogens (primary N) is 2. The molecule has 46 valence electrons. The zero-order valence-corrected chi connectivity index (χ0v) is 5.87. The molecule has 0 atom stereocenters. The molecule has 0 heterocycles. The van der Waals surface area contributed by atoms with E-state index in [1.807, 2.05) is 0 Å². The quantitative estimate of drug-likeness (QED) is 0.260. The van der Waals surface area contributed by atoms with Gasteiger partial charge in [0.05, 0.1) is 0 Å². The second-order valence-corrected chi connectivity index (χ2v) is 3.81. The Morgan fingerprint density at radius 2 is 1.86 bits per heavy atom. The van der Waals surface area contributed by atoms with E-state index in [0.717, 1.165) is 0 Å². The molecule has 0 rings (SSSR count). The topological polar surface area (TPSA) is 92.5 Å². The van der Waals surface area contributed by atoms with Crippen molar-refractivity contribution in [1.29, 1.82) is 0 Å². The molecule has 5 heteroatoms. The molecule has 0 amide bonds. The second-order valence-electron chi connectivity index (χ2n) is 1.13. The van der Waals surface area contributed by atoms with Crippen molar-refractivity contribution in [2.75, 3.05) is 4.43 Å². The van der Waals surface area contributed by atoms with Crippen LogP contribution in [0.15, 0.2) is 0 Å². The summed E-state index contributed by atoms with van der Waals surface area (Å²) in [5.74, 6) is 0. The van der Waals surface area contributed by atoms with Crippen molar-refractivity contribution < 1.29 is 6.87 Å². The Labute approximate surface area is 50.0 Å². The van der Waals surface area contributed by atoms with Gasteiger partial charge in [-0.2, -0.15) is 0 Å². The maximum atomic E-state index is 8.28. The van der Waals surface area contributed by atoms with E-state index in [-0.39, 0.29) is 4.43 Å². The molecule has 4 nitrogen and oxygen atoms in total. The first-order chi connectivity index (χ1) is 3.13. The molecule has 0 aromatic rings. The Hall–Kier alpha value is 0.570. The van der Waals surface area contributed by atoms with E-state index in [0.29, 0.717) is 0 Å². The van der Waals surface area contributed by atoms with Crippen LogP contribution in [0.4, 0.5) is 0 Å². The van der Waals surface area contributed by atoms with E-state index in [4.69, 9.17) is 18.3 Å². The molecule has 0 aliphatic heterocycles. The van der Waals surface area contributed by atoms with Crippen molar-refractivity contribution in [3.05, 3.63) is 0 Å². The normalized spacial score (nSPS) is 12.4. The minimum atomic E-state index is -2.62. The monoisotopic (exact) mass is 220 g/mol. The van der Waals surface area contributed by atoms with Crippen LogP contribution >= 0.6 is 20.6 Å². The van der Waals surface area contributed by atoms with E-state index >= 15 is 0 Å². The van der Waals surface area contributed by atoms with E-state index in [2.05, 4.69) is 0 Å². The number of alkyl halides is 1. The fourth-order valence-corrected chi connectivity index (χ4v) is 1.07. The molecule has 0 aromatic carbocycles. The van der Waals surface area contributed by atoms with Crippen LogP contribution in [-0.2, 0) is 0 Å². The van der Waals surface area contributed by atoms with Crippen LogP contribution in [0.5, 0.6) is 0 Å². The SMILES string of the molecule is NC(N)CI(O)O. The standard InChI is InChI=1S/C2H9IN2O2/c4-2(5)1-3(6)7/h2,6-7H,1,4-5H2. The van der Waals surface area contributed by atoms with E-state index in [9.17, 15) is 0 Å². The Morgan fingerprint density at radius 3 is 1.86 bits per heavy atom. The molecule has 0 aliphatic rings. The van der Waals surface area contributed by atoms with Gasteiger partial charge < -0.3 is 0 Å². The van der Waals surface area contributed by atoms with Gasteiger partial charge in [-0.15, -0.1) is 0 Å². The summed E-state index contributed by atoms with van der Waals surface area (Å²) in [7, 11) is 0. The average molecular weight is 220 g/mol. The average Bonchev–Trinajstić information content (AvgIpc) is 1.27. The maximum absolute atomic E-state index is 8.28. The summed E-state index contributed by atoms with van der Waals surface area (Å²) in [6.07, 6.45) is -0.555. The molecular weight excluding hydrogens is 211 g/mol. The van der Waals surface area contributed by atoms with Gasteiger partial charge in [-0.25, -0.2) is 0 Å². The molecule has 0 spiro atoms. The third-order valence-corrected chi connectivity index (χ3v) is 2.12. The van der Waals surface area contributed by atoms with Crippen molar-refractivity contribution in [3.8, 4) is 0 Å². The summed E-state index contributed by atoms with van der Waals surface area (Å²) in [5, 5.41) is 0. The predicted molar refractivity (Wildman–Crippen MR) is 35.5 cm³/mol. The number of rotatable bonds is 2. The Balaban J connectivity index is 2.95. The van der Waals surface area contributed by atoms with Crippen molar-refractivity contribution in [2.45, 2.75) is 6.17 Å². The summed E-state index contributed by atoms with van der Waals surface area (Å²) in [5.41, 5.74) is 9.98. The number of halogens is 1. The molecule has 0 saturated heterocycles. The van der Waals surface area contributed by atoms with Crippen molar-refractivity contribution >= 4 is 20.6 Å². The van der Waals surface area contributed by atoms with E-state index < -0.39 is 26.8 Å². The van der Waals surface area contributed by atoms with Crippen LogP contribution in [0.25, 0.3) is 0 Å². The summed E-state index contributed by atoms with van der Waals surface area (Å²) < 4.78 is 16.7. The first-order valence-corrected chi connectivity index (χ1v) is 5.14. The third kappa shape index (κ3) is 6.57. The van der Waals surface area contributed by atoms with Crippen LogP contribution in [-0.4, -0.2) is 17.5 Å². The Morgan fingerprint density at radius 1 is 1.43 bits per heavy atom. The summed E-state index contributed by atoms with van der Waals surface area (Å²) >= 11 is -2.62. The summed E-state index contributed by atoms with van der Waals surface area (Å²) in [6.45, 7) is 0. The Kier molecular flexibility index (Phi) is 3.85. The van der Waals surface area contributed by atoms with Gasteiger partial charge in [0.2, 0.25) is 0 Å². The van der Waals surface area contributed by atoms with Crippen LogP contribution in [0, 0.1) is 0 Å². The second kappa shape index (κ2) is 3.56. The molecule has 0 fully saturated rings. The van der Waals surface area contributed by atoms with Gasteiger partial charge in [0.1, 0.15) is 0 Å². The first-order valence-electron chi connectivity index (χ1n) is 1.68. The van der Waals surface area contributed by atoms with Gasteiger partial charge in [0.25, 0.3) is 0 Å². The van der Waals surface area contributed by atoms with Crippen LogP contribution in [0.2, 0.25) is 0 Å². The third-order valence-electron chi connectivity index (χ3n) is 0.316. The van der Waals surface area contributed by atoms with E-state index in [1.54, 1.807) is 0 Å². The molecule has 0 unspecified atom stereocenters. The molecule has 0 aromatic heterocycles. The fourth-order valence-electron chi connectivity index (χ4n) is 0.159. The fraction of sp³-hybridized carbons (Fsp3) is 1.00. The number of hydrogen-bond donors (Lipinski definition) is 4. The Bertz CT molecular complexity index is 43.0. The van der Waals surface area contributed by atoms with Gasteiger partial charge in [0.15, 0.2) is 0 Å². The minimum absolute atomic E-state index is 0.184. The van der Waals surface area contributed by atoms with Gasteiger partial charge in [-0.1, -0.05) is 0 Å². The summed E-state index contributed by atoms with van der Waals surface area (Å²) in [6, 6.07) is 0. The van der Waals surface area contributed by atoms with Crippen LogP contribution in [0.3, 0.4) is 0 Å². The molecule has 0 aliphatic carbocycles. The van der Waals surface area contributed by atoms with Gasteiger partial charge >= 0.3 is 49.6 Å². The molecule has 0 bridgehead atoms. The van der Waals surface area contributed by atoms with E-state index in [1.165, 1.54) is 0 Å². The van der Waals surface area contributed by atoms with Gasteiger partial charge in [-0.05, 0) is 0 Å².